The summed E-state index contributed by atoms with van der Waals surface area (Å²) in [4.78, 5) is 3.23. The number of halogens is 4. The molecule has 0 aliphatic heterocycles. The molecule has 0 bridgehead atoms. The van der Waals surface area contributed by atoms with E-state index >= 15 is 0 Å². The molecule has 0 aliphatic rings. The summed E-state index contributed by atoms with van der Waals surface area (Å²) in [5.41, 5.74) is -4.31. The average molecular weight is 211 g/mol. The van der Waals surface area contributed by atoms with Gasteiger partial charge < -0.3 is 0 Å². The number of alkyl halides is 3. The third-order valence-electron chi connectivity index (χ3n) is 1.23. The molecule has 0 atom stereocenters. The topological polar surface area (TPSA) is 12.9 Å². The molecular weight excluding hydrogens is 206 g/mol. The zero-order valence-electron chi connectivity index (χ0n) is 6.52. The maximum absolute atomic E-state index is 12.7. The SMILES string of the molecule is Cc1ncc(SC(F)(F)F)cc1F. The lowest BCUT2D eigenvalue weighted by Crippen LogP contribution is -2.00. The van der Waals surface area contributed by atoms with E-state index in [0.29, 0.717) is 0 Å². The van der Waals surface area contributed by atoms with Crippen molar-refractivity contribution in [2.75, 3.05) is 0 Å². The largest absolute Gasteiger partial charge is 0.446 e. The highest BCUT2D eigenvalue weighted by Gasteiger charge is 2.29. The Balaban J connectivity index is 2.86. The molecule has 0 N–H and O–H groups in total. The molecule has 1 aromatic heterocycles. The first-order valence-electron chi connectivity index (χ1n) is 3.26. The Bertz CT molecular complexity index is 310. The predicted molar refractivity (Wildman–Crippen MR) is 40.8 cm³/mol. The molecule has 13 heavy (non-hydrogen) atoms. The molecule has 1 aromatic rings. The van der Waals surface area contributed by atoms with Gasteiger partial charge in [-0.3, -0.25) is 4.98 Å². The molecule has 1 heterocycles. The van der Waals surface area contributed by atoms with Gasteiger partial charge in [0.15, 0.2) is 0 Å². The van der Waals surface area contributed by atoms with Gasteiger partial charge in [-0.15, -0.1) is 0 Å². The van der Waals surface area contributed by atoms with E-state index in [1.807, 2.05) is 0 Å². The monoisotopic (exact) mass is 211 g/mol. The van der Waals surface area contributed by atoms with Crippen LogP contribution in [0.3, 0.4) is 0 Å². The Morgan fingerprint density at radius 3 is 2.46 bits per heavy atom. The molecule has 0 aliphatic carbocycles. The highest BCUT2D eigenvalue weighted by atomic mass is 32.2. The summed E-state index contributed by atoms with van der Waals surface area (Å²) in [5, 5.41) is 0. The molecule has 0 radical (unpaired) electrons. The van der Waals surface area contributed by atoms with Crippen LogP contribution in [0.15, 0.2) is 17.2 Å². The lowest BCUT2D eigenvalue weighted by molar-refractivity contribution is -0.0328. The van der Waals surface area contributed by atoms with Gasteiger partial charge in [-0.25, -0.2) is 4.39 Å². The van der Waals surface area contributed by atoms with Crippen LogP contribution in [0, 0.1) is 12.7 Å². The van der Waals surface area contributed by atoms with Crippen LogP contribution >= 0.6 is 11.8 Å². The first-order chi connectivity index (χ1) is 5.88. The number of aromatic nitrogens is 1. The number of hydrogen-bond acceptors (Lipinski definition) is 2. The zero-order chi connectivity index (χ0) is 10.1. The number of thioether (sulfide) groups is 1. The maximum atomic E-state index is 12.7. The van der Waals surface area contributed by atoms with Crippen molar-refractivity contribution >= 4 is 11.8 Å². The van der Waals surface area contributed by atoms with Gasteiger partial charge in [-0.1, -0.05) is 0 Å². The number of aryl methyl sites for hydroxylation is 1. The summed E-state index contributed by atoms with van der Waals surface area (Å²) in [6, 6.07) is 0.820. The summed E-state index contributed by atoms with van der Waals surface area (Å²) >= 11 is -0.379. The third-order valence-corrected chi connectivity index (χ3v) is 1.92. The summed E-state index contributed by atoms with van der Waals surface area (Å²) < 4.78 is 48.1. The second-order valence-electron chi connectivity index (χ2n) is 2.29. The summed E-state index contributed by atoms with van der Waals surface area (Å²) in [7, 11) is 0. The van der Waals surface area contributed by atoms with Gasteiger partial charge in [0.25, 0.3) is 0 Å². The van der Waals surface area contributed by atoms with Crippen LogP contribution in [-0.2, 0) is 0 Å². The van der Waals surface area contributed by atoms with Crippen molar-refractivity contribution in [2.24, 2.45) is 0 Å². The van der Waals surface area contributed by atoms with Crippen LogP contribution < -0.4 is 0 Å². The van der Waals surface area contributed by atoms with Crippen molar-refractivity contribution in [3.63, 3.8) is 0 Å². The number of nitrogens with zero attached hydrogens (tertiary/aromatic N) is 1. The summed E-state index contributed by atoms with van der Waals surface area (Å²) in [5.74, 6) is -0.728. The quantitative estimate of drug-likeness (QED) is 0.522. The van der Waals surface area contributed by atoms with Crippen molar-refractivity contribution < 1.29 is 17.6 Å². The van der Waals surface area contributed by atoms with E-state index in [-0.39, 0.29) is 22.4 Å². The van der Waals surface area contributed by atoms with Crippen molar-refractivity contribution in [1.82, 2.24) is 4.98 Å². The number of rotatable bonds is 1. The molecule has 0 saturated heterocycles. The van der Waals surface area contributed by atoms with Gasteiger partial charge in [0.2, 0.25) is 0 Å². The smallest absolute Gasteiger partial charge is 0.257 e. The Labute approximate surface area is 76.2 Å². The van der Waals surface area contributed by atoms with Crippen molar-refractivity contribution in [1.29, 1.82) is 0 Å². The maximum Gasteiger partial charge on any atom is 0.446 e. The van der Waals surface area contributed by atoms with E-state index in [4.69, 9.17) is 0 Å². The third kappa shape index (κ3) is 3.22. The average Bonchev–Trinajstić information content (AvgIpc) is 1.94. The van der Waals surface area contributed by atoms with E-state index in [1.54, 1.807) is 0 Å². The van der Waals surface area contributed by atoms with Gasteiger partial charge in [-0.2, -0.15) is 13.2 Å². The second-order valence-corrected chi connectivity index (χ2v) is 3.42. The minimum Gasteiger partial charge on any atom is -0.257 e. The molecule has 0 aromatic carbocycles. The van der Waals surface area contributed by atoms with E-state index in [0.717, 1.165) is 12.3 Å². The number of pyridine rings is 1. The fourth-order valence-electron chi connectivity index (χ4n) is 0.678. The van der Waals surface area contributed by atoms with Gasteiger partial charge in [0.1, 0.15) is 5.82 Å². The first kappa shape index (κ1) is 10.3. The molecule has 0 saturated carbocycles. The molecule has 0 fully saturated rings. The Morgan fingerprint density at radius 1 is 1.38 bits per heavy atom. The first-order valence-corrected chi connectivity index (χ1v) is 4.08. The van der Waals surface area contributed by atoms with Crippen molar-refractivity contribution in [2.45, 2.75) is 17.3 Å². The van der Waals surface area contributed by atoms with Crippen molar-refractivity contribution in [3.8, 4) is 0 Å². The molecule has 1 nitrogen and oxygen atoms in total. The Kier molecular flexibility index (Phi) is 2.80. The van der Waals surface area contributed by atoms with Crippen LogP contribution in [0.4, 0.5) is 17.6 Å². The highest BCUT2D eigenvalue weighted by Crippen LogP contribution is 2.36. The van der Waals surface area contributed by atoms with Crippen molar-refractivity contribution in [3.05, 3.63) is 23.8 Å². The number of hydrogen-bond donors (Lipinski definition) is 0. The van der Waals surface area contributed by atoms with E-state index in [1.165, 1.54) is 6.92 Å². The molecule has 0 unspecified atom stereocenters. The summed E-state index contributed by atoms with van der Waals surface area (Å²) in [6.45, 7) is 1.39. The fraction of sp³-hybridized carbons (Fsp3) is 0.286. The van der Waals surface area contributed by atoms with Crippen LogP contribution in [0.25, 0.3) is 0 Å². The van der Waals surface area contributed by atoms with Gasteiger partial charge in [0.05, 0.1) is 5.69 Å². The van der Waals surface area contributed by atoms with E-state index < -0.39 is 11.3 Å². The minimum absolute atomic E-state index is 0.0894. The zero-order valence-corrected chi connectivity index (χ0v) is 7.34. The van der Waals surface area contributed by atoms with Crippen LogP contribution in [0.5, 0.6) is 0 Å². The van der Waals surface area contributed by atoms with Crippen LogP contribution in [0.2, 0.25) is 0 Å². The Hall–Kier alpha value is -0.780. The predicted octanol–water partition coefficient (Wildman–Crippen LogP) is 3.14. The van der Waals surface area contributed by atoms with E-state index in [9.17, 15) is 17.6 Å². The molecule has 72 valence electrons. The van der Waals surface area contributed by atoms with Gasteiger partial charge in [-0.05, 0) is 24.8 Å². The normalized spacial score (nSPS) is 11.8. The molecule has 6 heteroatoms. The lowest BCUT2D eigenvalue weighted by atomic mass is 10.4. The molecule has 0 amide bonds. The standard InChI is InChI=1S/C7H5F4NS/c1-4-6(8)2-5(3-12-4)13-7(9,10)11/h2-3H,1H3. The fourth-order valence-corrected chi connectivity index (χ4v) is 1.21. The molecule has 1 rings (SSSR count). The Morgan fingerprint density at radius 2 is 2.00 bits per heavy atom. The van der Waals surface area contributed by atoms with Crippen LogP contribution in [0.1, 0.15) is 5.69 Å². The second kappa shape index (κ2) is 3.53. The van der Waals surface area contributed by atoms with Gasteiger partial charge >= 0.3 is 5.51 Å². The molecule has 0 spiro atoms. The molecular formula is C7H5F4NS. The summed E-state index contributed by atoms with van der Waals surface area (Å²) in [6.07, 6.45) is 0.997. The lowest BCUT2D eigenvalue weighted by Gasteiger charge is -2.05. The highest BCUT2D eigenvalue weighted by molar-refractivity contribution is 8.00. The van der Waals surface area contributed by atoms with Crippen LogP contribution in [-0.4, -0.2) is 10.5 Å². The van der Waals surface area contributed by atoms with E-state index in [2.05, 4.69) is 4.98 Å². The van der Waals surface area contributed by atoms with Gasteiger partial charge in [0, 0.05) is 11.1 Å². The minimum atomic E-state index is -4.40.